The Morgan fingerprint density at radius 1 is 1.35 bits per heavy atom. The molecule has 2 N–H and O–H groups in total. The Balaban J connectivity index is 1.74. The third-order valence-corrected chi connectivity index (χ3v) is 8.34. The van der Waals surface area contributed by atoms with Crippen molar-refractivity contribution in [2.45, 2.75) is 28.8 Å². The SMILES string of the molecule is C[C@H]1C[C@H](NC(=O)c2cccc3cn[nH]c(=O)c23)c2ccsc2S1(=O)=O. The number of nitrogens with zero attached hydrogens (tertiary/aromatic N) is 1. The van der Waals surface area contributed by atoms with Gasteiger partial charge in [-0.1, -0.05) is 12.1 Å². The average molecular weight is 389 g/mol. The highest BCUT2D eigenvalue weighted by atomic mass is 32.2. The summed E-state index contributed by atoms with van der Waals surface area (Å²) in [5, 5.41) is 10.9. The van der Waals surface area contributed by atoms with Gasteiger partial charge in [0, 0.05) is 10.9 Å². The zero-order valence-corrected chi connectivity index (χ0v) is 15.4. The van der Waals surface area contributed by atoms with Crippen LogP contribution in [0.15, 0.2) is 44.8 Å². The smallest absolute Gasteiger partial charge is 0.272 e. The van der Waals surface area contributed by atoms with E-state index < -0.39 is 32.6 Å². The predicted octanol–water partition coefficient (Wildman–Crippen LogP) is 2.02. The van der Waals surface area contributed by atoms with E-state index >= 15 is 0 Å². The molecule has 3 aromatic rings. The lowest BCUT2D eigenvalue weighted by Crippen LogP contribution is -2.36. The Kier molecular flexibility index (Phi) is 3.92. The van der Waals surface area contributed by atoms with Crippen LogP contribution >= 0.6 is 11.3 Å². The number of nitrogens with one attached hydrogen (secondary N) is 2. The average Bonchev–Trinajstić information content (AvgIpc) is 3.11. The van der Waals surface area contributed by atoms with Crippen LogP contribution in [-0.4, -0.2) is 29.8 Å². The Bertz CT molecular complexity index is 1170. The lowest BCUT2D eigenvalue weighted by Gasteiger charge is -2.28. The summed E-state index contributed by atoms with van der Waals surface area (Å²) in [5.74, 6) is -0.416. The van der Waals surface area contributed by atoms with Crippen LogP contribution < -0.4 is 10.9 Å². The Hall–Kier alpha value is -2.52. The summed E-state index contributed by atoms with van der Waals surface area (Å²) in [6, 6.07) is 6.28. The molecule has 9 heteroatoms. The number of amides is 1. The van der Waals surface area contributed by atoms with Crippen LogP contribution in [0.25, 0.3) is 10.8 Å². The second kappa shape index (κ2) is 6.03. The summed E-state index contributed by atoms with van der Waals surface area (Å²) in [5.41, 5.74) is 0.408. The van der Waals surface area contributed by atoms with Gasteiger partial charge in [0.2, 0.25) is 0 Å². The van der Waals surface area contributed by atoms with Crippen LogP contribution in [0, 0.1) is 0 Å². The van der Waals surface area contributed by atoms with Gasteiger partial charge in [0.05, 0.1) is 28.4 Å². The number of thiophene rings is 1. The molecule has 2 aromatic heterocycles. The molecule has 3 heterocycles. The summed E-state index contributed by atoms with van der Waals surface area (Å²) in [6.07, 6.45) is 1.78. The van der Waals surface area contributed by atoms with Crippen molar-refractivity contribution in [2.75, 3.05) is 0 Å². The zero-order chi connectivity index (χ0) is 18.5. The molecule has 1 amide bonds. The van der Waals surface area contributed by atoms with E-state index in [1.807, 2.05) is 0 Å². The first kappa shape index (κ1) is 16.9. The molecule has 0 bridgehead atoms. The van der Waals surface area contributed by atoms with Gasteiger partial charge in [-0.05, 0) is 30.9 Å². The molecule has 1 aliphatic rings. The maximum Gasteiger partial charge on any atom is 0.272 e. The van der Waals surface area contributed by atoms with E-state index in [1.54, 1.807) is 36.6 Å². The molecule has 1 aliphatic heterocycles. The van der Waals surface area contributed by atoms with Crippen molar-refractivity contribution in [1.29, 1.82) is 0 Å². The van der Waals surface area contributed by atoms with E-state index in [0.29, 0.717) is 21.6 Å². The van der Waals surface area contributed by atoms with Gasteiger partial charge in [-0.3, -0.25) is 9.59 Å². The van der Waals surface area contributed by atoms with Crippen molar-refractivity contribution in [3.05, 3.63) is 57.3 Å². The fourth-order valence-corrected chi connectivity index (χ4v) is 6.50. The van der Waals surface area contributed by atoms with E-state index in [4.69, 9.17) is 0 Å². The summed E-state index contributed by atoms with van der Waals surface area (Å²) in [4.78, 5) is 25.0. The van der Waals surface area contributed by atoms with Gasteiger partial charge in [-0.2, -0.15) is 5.10 Å². The van der Waals surface area contributed by atoms with Crippen LogP contribution in [0.3, 0.4) is 0 Å². The van der Waals surface area contributed by atoms with Crippen molar-refractivity contribution < 1.29 is 13.2 Å². The number of sulfone groups is 1. The second-order valence-electron chi connectivity index (χ2n) is 6.25. The molecule has 0 saturated heterocycles. The van der Waals surface area contributed by atoms with Crippen LogP contribution in [0.4, 0.5) is 0 Å². The summed E-state index contributed by atoms with van der Waals surface area (Å²) in [7, 11) is -3.35. The van der Waals surface area contributed by atoms with E-state index in [-0.39, 0.29) is 10.9 Å². The lowest BCUT2D eigenvalue weighted by atomic mass is 10.0. The molecule has 7 nitrogen and oxygen atoms in total. The van der Waals surface area contributed by atoms with Crippen LogP contribution in [0.2, 0.25) is 0 Å². The van der Waals surface area contributed by atoms with Gasteiger partial charge >= 0.3 is 0 Å². The quantitative estimate of drug-likeness (QED) is 0.697. The molecule has 0 radical (unpaired) electrons. The maximum absolute atomic E-state index is 12.8. The van der Waals surface area contributed by atoms with E-state index in [0.717, 1.165) is 0 Å². The summed E-state index contributed by atoms with van der Waals surface area (Å²) in [6.45, 7) is 1.64. The molecule has 0 saturated carbocycles. The van der Waals surface area contributed by atoms with Crippen molar-refractivity contribution in [2.24, 2.45) is 0 Å². The van der Waals surface area contributed by atoms with E-state index in [9.17, 15) is 18.0 Å². The normalized spacial score (nSPS) is 21.3. The first-order valence-corrected chi connectivity index (χ1v) is 10.4. The Morgan fingerprint density at radius 3 is 2.96 bits per heavy atom. The summed E-state index contributed by atoms with van der Waals surface area (Å²) >= 11 is 1.17. The highest BCUT2D eigenvalue weighted by Gasteiger charge is 2.38. The molecule has 1 aromatic carbocycles. The largest absolute Gasteiger partial charge is 0.345 e. The number of hydrogen-bond acceptors (Lipinski definition) is 6. The fourth-order valence-electron chi connectivity index (χ4n) is 3.27. The molecule has 0 aliphatic carbocycles. The maximum atomic E-state index is 12.8. The van der Waals surface area contributed by atoms with Gasteiger partial charge in [0.15, 0.2) is 9.84 Å². The van der Waals surface area contributed by atoms with Crippen molar-refractivity contribution in [3.63, 3.8) is 0 Å². The molecule has 0 spiro atoms. The van der Waals surface area contributed by atoms with Gasteiger partial charge in [-0.15, -0.1) is 11.3 Å². The fraction of sp³-hybridized carbons (Fsp3) is 0.235. The van der Waals surface area contributed by atoms with Crippen molar-refractivity contribution in [3.8, 4) is 0 Å². The second-order valence-corrected chi connectivity index (χ2v) is 9.73. The van der Waals surface area contributed by atoms with Crippen LogP contribution in [0.5, 0.6) is 0 Å². The monoisotopic (exact) mass is 389 g/mol. The summed E-state index contributed by atoms with van der Waals surface area (Å²) < 4.78 is 25.2. The number of H-pyrrole nitrogens is 1. The third-order valence-electron chi connectivity index (χ3n) is 4.63. The highest BCUT2D eigenvalue weighted by molar-refractivity contribution is 7.94. The van der Waals surface area contributed by atoms with Gasteiger partial charge in [0.25, 0.3) is 11.5 Å². The van der Waals surface area contributed by atoms with Crippen molar-refractivity contribution >= 4 is 37.9 Å². The van der Waals surface area contributed by atoms with Gasteiger partial charge in [0.1, 0.15) is 4.21 Å². The highest BCUT2D eigenvalue weighted by Crippen LogP contribution is 2.39. The standard InChI is InChI=1S/C17H15N3O4S2/c1-9-7-13(11-5-6-25-17(11)26(9,23)24)19-15(21)12-4-2-3-10-8-18-20-16(22)14(10)12/h2-6,8-9,13H,7H2,1H3,(H,19,21)(H,20,22)/t9-,13-/m0/s1. The number of hydrogen-bond donors (Lipinski definition) is 2. The number of benzene rings is 1. The number of aromatic amines is 1. The van der Waals surface area contributed by atoms with E-state index in [1.165, 1.54) is 17.5 Å². The Morgan fingerprint density at radius 2 is 2.15 bits per heavy atom. The first-order valence-electron chi connectivity index (χ1n) is 7.98. The molecule has 0 fully saturated rings. The predicted molar refractivity (Wildman–Crippen MR) is 98.2 cm³/mol. The molecule has 134 valence electrons. The van der Waals surface area contributed by atoms with Gasteiger partial charge < -0.3 is 5.32 Å². The number of carbonyl (C=O) groups is 1. The third kappa shape index (κ3) is 2.55. The first-order chi connectivity index (χ1) is 12.4. The minimum absolute atomic E-state index is 0.240. The number of carbonyl (C=O) groups excluding carboxylic acids is 1. The molecular formula is C17H15N3O4S2. The Labute approximate surface area is 153 Å². The number of rotatable bonds is 2. The lowest BCUT2D eigenvalue weighted by molar-refractivity contribution is 0.0935. The zero-order valence-electron chi connectivity index (χ0n) is 13.7. The molecule has 0 unspecified atom stereocenters. The van der Waals surface area contributed by atoms with E-state index in [2.05, 4.69) is 15.5 Å². The molecule has 4 rings (SSSR count). The number of aromatic nitrogens is 2. The van der Waals surface area contributed by atoms with Gasteiger partial charge in [-0.25, -0.2) is 13.5 Å². The molecular weight excluding hydrogens is 374 g/mol. The van der Waals surface area contributed by atoms with Crippen molar-refractivity contribution in [1.82, 2.24) is 15.5 Å². The molecule has 2 atom stereocenters. The minimum atomic E-state index is -3.35. The van der Waals surface area contributed by atoms with Crippen LogP contribution in [0.1, 0.15) is 35.3 Å². The number of fused-ring (bicyclic) bond motifs is 2. The minimum Gasteiger partial charge on any atom is -0.345 e. The topological polar surface area (TPSA) is 109 Å². The van der Waals surface area contributed by atoms with Crippen LogP contribution in [-0.2, 0) is 9.84 Å². The molecule has 26 heavy (non-hydrogen) atoms.